The maximum Gasteiger partial charge on any atom is 0.194 e. The third kappa shape index (κ3) is 4.02. The summed E-state index contributed by atoms with van der Waals surface area (Å²) in [6.45, 7) is 6.12. The predicted octanol–water partition coefficient (Wildman–Crippen LogP) is 2.92. The highest BCUT2D eigenvalue weighted by atomic mass is 32.2. The molecule has 0 saturated carbocycles. The molecule has 0 aliphatic rings. The summed E-state index contributed by atoms with van der Waals surface area (Å²) in [6.07, 6.45) is 5.53. The van der Waals surface area contributed by atoms with Crippen LogP contribution in [0.15, 0.2) is 34.7 Å². The Morgan fingerprint density at radius 2 is 2.10 bits per heavy atom. The zero-order valence-electron chi connectivity index (χ0n) is 12.1. The number of aromatic nitrogens is 3. The topological polar surface area (TPSA) is 64.7 Å². The fraction of sp³-hybridized carbons (Fsp3) is 0.400. The molecule has 1 atom stereocenters. The molecule has 0 radical (unpaired) electrons. The monoisotopic (exact) mass is 288 g/mol. The highest BCUT2D eigenvalue weighted by Gasteiger charge is 2.08. The van der Waals surface area contributed by atoms with Gasteiger partial charge in [0.1, 0.15) is 5.03 Å². The van der Waals surface area contributed by atoms with Gasteiger partial charge in [-0.3, -0.25) is 0 Å². The second-order valence-corrected chi connectivity index (χ2v) is 5.88. The number of nitrogens with zero attached hydrogens (tertiary/aromatic N) is 3. The summed E-state index contributed by atoms with van der Waals surface area (Å²) in [5.74, 6) is 0. The lowest BCUT2D eigenvalue weighted by atomic mass is 10.1. The van der Waals surface area contributed by atoms with Crippen LogP contribution < -0.4 is 5.73 Å². The molecule has 0 bridgehead atoms. The average Bonchev–Trinajstić information content (AvgIpc) is 2.42. The van der Waals surface area contributed by atoms with Crippen molar-refractivity contribution in [2.45, 2.75) is 49.8 Å². The van der Waals surface area contributed by atoms with Crippen LogP contribution in [0.5, 0.6) is 0 Å². The number of aryl methyl sites for hydroxylation is 2. The van der Waals surface area contributed by atoms with Gasteiger partial charge in [-0.15, -0.1) is 0 Å². The minimum Gasteiger partial charge on any atom is -0.327 e. The molecule has 106 valence electrons. The van der Waals surface area contributed by atoms with Gasteiger partial charge in [-0.1, -0.05) is 13.0 Å². The quantitative estimate of drug-likeness (QED) is 0.857. The van der Waals surface area contributed by atoms with E-state index in [1.807, 2.05) is 19.2 Å². The fourth-order valence-corrected chi connectivity index (χ4v) is 2.65. The predicted molar refractivity (Wildman–Crippen MR) is 81.8 cm³/mol. The van der Waals surface area contributed by atoms with Crippen molar-refractivity contribution in [3.05, 3.63) is 41.3 Å². The maximum absolute atomic E-state index is 5.98. The second-order valence-electron chi connectivity index (χ2n) is 4.92. The summed E-state index contributed by atoms with van der Waals surface area (Å²) in [5, 5.41) is 1.68. The van der Waals surface area contributed by atoms with Gasteiger partial charge in [0.05, 0.1) is 0 Å². The molecular weight excluding hydrogens is 268 g/mol. The Hall–Kier alpha value is -1.46. The molecule has 4 nitrogen and oxygen atoms in total. The Labute approximate surface area is 124 Å². The molecule has 5 heteroatoms. The van der Waals surface area contributed by atoms with E-state index in [1.54, 1.807) is 6.20 Å². The molecule has 2 heterocycles. The zero-order chi connectivity index (χ0) is 14.5. The van der Waals surface area contributed by atoms with Crippen molar-refractivity contribution < 1.29 is 0 Å². The first-order chi connectivity index (χ1) is 9.58. The molecule has 0 aromatic carbocycles. The van der Waals surface area contributed by atoms with Gasteiger partial charge in [0.25, 0.3) is 0 Å². The van der Waals surface area contributed by atoms with Crippen molar-refractivity contribution >= 4 is 11.8 Å². The normalized spacial score (nSPS) is 12.4. The first-order valence-corrected chi connectivity index (χ1v) is 7.58. The van der Waals surface area contributed by atoms with Gasteiger partial charge in [-0.05, 0) is 55.6 Å². The van der Waals surface area contributed by atoms with E-state index in [4.69, 9.17) is 5.73 Å². The van der Waals surface area contributed by atoms with E-state index in [2.05, 4.69) is 34.9 Å². The van der Waals surface area contributed by atoms with E-state index in [9.17, 15) is 0 Å². The average molecular weight is 288 g/mol. The zero-order valence-corrected chi connectivity index (χ0v) is 12.9. The Kier molecular flexibility index (Phi) is 5.09. The molecule has 0 amide bonds. The van der Waals surface area contributed by atoms with Gasteiger partial charge in [-0.2, -0.15) is 0 Å². The summed E-state index contributed by atoms with van der Waals surface area (Å²) in [6, 6.07) is 4.25. The first-order valence-electron chi connectivity index (χ1n) is 6.77. The Morgan fingerprint density at radius 3 is 2.75 bits per heavy atom. The third-order valence-corrected chi connectivity index (χ3v) is 4.07. The summed E-state index contributed by atoms with van der Waals surface area (Å²) in [7, 11) is 0. The molecule has 2 N–H and O–H groups in total. The van der Waals surface area contributed by atoms with Crippen LogP contribution in [0.1, 0.15) is 30.2 Å². The fourth-order valence-electron chi connectivity index (χ4n) is 1.85. The highest BCUT2D eigenvalue weighted by molar-refractivity contribution is 7.99. The van der Waals surface area contributed by atoms with Gasteiger partial charge < -0.3 is 5.73 Å². The number of pyridine rings is 1. The highest BCUT2D eigenvalue weighted by Crippen LogP contribution is 2.26. The third-order valence-electron chi connectivity index (χ3n) is 3.07. The molecule has 0 saturated heterocycles. The van der Waals surface area contributed by atoms with Crippen LogP contribution in [0, 0.1) is 13.8 Å². The van der Waals surface area contributed by atoms with Gasteiger partial charge in [-0.25, -0.2) is 15.0 Å². The molecule has 0 aliphatic carbocycles. The van der Waals surface area contributed by atoms with Crippen LogP contribution in [0.25, 0.3) is 0 Å². The van der Waals surface area contributed by atoms with Gasteiger partial charge in [0.15, 0.2) is 5.16 Å². The van der Waals surface area contributed by atoms with Crippen LogP contribution in [0.2, 0.25) is 0 Å². The molecule has 2 rings (SSSR count). The molecule has 0 aliphatic heterocycles. The van der Waals surface area contributed by atoms with Crippen molar-refractivity contribution in [3.8, 4) is 0 Å². The number of rotatable bonds is 5. The first kappa shape index (κ1) is 14.9. The van der Waals surface area contributed by atoms with Crippen molar-refractivity contribution in [2.24, 2.45) is 5.73 Å². The van der Waals surface area contributed by atoms with Crippen molar-refractivity contribution in [1.29, 1.82) is 0 Å². The lowest BCUT2D eigenvalue weighted by Gasteiger charge is -2.10. The lowest BCUT2D eigenvalue weighted by molar-refractivity contribution is 0.644. The van der Waals surface area contributed by atoms with Crippen molar-refractivity contribution in [1.82, 2.24) is 15.0 Å². The number of nitrogens with two attached hydrogens (primary N) is 1. The molecule has 0 spiro atoms. The molecule has 2 aromatic rings. The van der Waals surface area contributed by atoms with Crippen LogP contribution in [0.3, 0.4) is 0 Å². The number of hydrogen-bond acceptors (Lipinski definition) is 5. The summed E-state index contributed by atoms with van der Waals surface area (Å²) < 4.78 is 0. The molecule has 1 unspecified atom stereocenters. The SMILES string of the molecule is CCC(N)Cc1cnc(Sc2nccc(C)n2)c(C)c1. The molecule has 20 heavy (non-hydrogen) atoms. The number of hydrogen-bond donors (Lipinski definition) is 1. The van der Waals surface area contributed by atoms with E-state index in [0.717, 1.165) is 34.3 Å². The van der Waals surface area contributed by atoms with Crippen molar-refractivity contribution in [3.63, 3.8) is 0 Å². The lowest BCUT2D eigenvalue weighted by Crippen LogP contribution is -2.21. The van der Waals surface area contributed by atoms with Gasteiger partial charge >= 0.3 is 0 Å². The molecular formula is C15H20N4S. The van der Waals surface area contributed by atoms with Crippen molar-refractivity contribution in [2.75, 3.05) is 0 Å². The van der Waals surface area contributed by atoms with Crippen LogP contribution in [-0.2, 0) is 6.42 Å². The minimum absolute atomic E-state index is 0.204. The minimum atomic E-state index is 0.204. The Bertz CT molecular complexity index is 586. The van der Waals surface area contributed by atoms with E-state index >= 15 is 0 Å². The van der Waals surface area contributed by atoms with E-state index in [-0.39, 0.29) is 6.04 Å². The molecule has 0 fully saturated rings. The Balaban J connectivity index is 2.13. The van der Waals surface area contributed by atoms with Gasteiger partial charge in [0.2, 0.25) is 0 Å². The van der Waals surface area contributed by atoms with Crippen LogP contribution >= 0.6 is 11.8 Å². The summed E-state index contributed by atoms with van der Waals surface area (Å²) in [5.41, 5.74) is 9.27. The largest absolute Gasteiger partial charge is 0.327 e. The Morgan fingerprint density at radius 1 is 1.30 bits per heavy atom. The van der Waals surface area contributed by atoms with Crippen LogP contribution in [-0.4, -0.2) is 21.0 Å². The summed E-state index contributed by atoms with van der Waals surface area (Å²) >= 11 is 1.50. The van der Waals surface area contributed by atoms with E-state index < -0.39 is 0 Å². The molecule has 2 aromatic heterocycles. The maximum atomic E-state index is 5.98. The second kappa shape index (κ2) is 6.81. The standard InChI is InChI=1S/C15H20N4S/c1-4-13(16)8-12-7-10(2)14(18-9-12)20-15-17-6-5-11(3)19-15/h5-7,9,13H,4,8,16H2,1-3H3. The van der Waals surface area contributed by atoms with E-state index in [1.165, 1.54) is 17.3 Å². The van der Waals surface area contributed by atoms with Gasteiger partial charge in [0, 0.05) is 24.1 Å². The smallest absolute Gasteiger partial charge is 0.194 e. The van der Waals surface area contributed by atoms with Crippen LogP contribution in [0.4, 0.5) is 0 Å². The summed E-state index contributed by atoms with van der Waals surface area (Å²) in [4.78, 5) is 13.2. The van der Waals surface area contributed by atoms with E-state index in [0.29, 0.717) is 0 Å².